The summed E-state index contributed by atoms with van der Waals surface area (Å²) in [5.41, 5.74) is 10.6. The molecule has 0 saturated heterocycles. The van der Waals surface area contributed by atoms with Gasteiger partial charge in [0.15, 0.2) is 33.8 Å². The van der Waals surface area contributed by atoms with E-state index in [1.165, 1.54) is 0 Å². The molecule has 0 fully saturated rings. The molecular weight excluding hydrogens is 745 g/mol. The molecule has 0 aliphatic rings. The van der Waals surface area contributed by atoms with Crippen molar-refractivity contribution in [1.29, 1.82) is 0 Å². The Balaban J connectivity index is 1.11. The van der Waals surface area contributed by atoms with Crippen molar-refractivity contribution >= 4 is 32.7 Å². The first-order chi connectivity index (χ1) is 29.2. The molecule has 0 atom stereocenters. The highest BCUT2D eigenvalue weighted by Gasteiger charge is 2.17. The van der Waals surface area contributed by atoms with Gasteiger partial charge in [-0.2, -0.15) is 0 Å². The second-order valence-electron chi connectivity index (χ2n) is 15.0. The summed E-state index contributed by atoms with van der Waals surface area (Å²) in [6.07, 6.45) is 5.45. The third-order valence-electron chi connectivity index (χ3n) is 11.2. The van der Waals surface area contributed by atoms with Crippen molar-refractivity contribution in [3.8, 4) is 51.2 Å². The second-order valence-corrected chi connectivity index (χ2v) is 15.0. The van der Waals surface area contributed by atoms with E-state index in [1.54, 1.807) is 18.2 Å². The van der Waals surface area contributed by atoms with Crippen molar-refractivity contribution in [3.05, 3.63) is 212 Å². The van der Waals surface area contributed by atoms with Crippen molar-refractivity contribution in [2.24, 2.45) is 0 Å². The standard InChI is InChI=1S/C51H36N6O3/c1-31-28-34(16-19-40(31)55-25-22-46(58)37-10-4-7-13-43(37)55)49-52-50(35-17-20-41(32(2)29-35)56-26-23-47(59)38-11-5-8-14-44(38)56)54-51(53-49)36-18-21-42(33(3)30-36)57-27-24-48(60)39-12-6-9-15-45(39)57/h4-30H,1-3H3. The van der Waals surface area contributed by atoms with Crippen LogP contribution in [0.4, 0.5) is 0 Å². The van der Waals surface area contributed by atoms with Gasteiger partial charge in [-0.25, -0.2) is 15.0 Å². The Morgan fingerprint density at radius 2 is 0.633 bits per heavy atom. The zero-order chi connectivity index (χ0) is 41.1. The van der Waals surface area contributed by atoms with E-state index < -0.39 is 0 Å². The van der Waals surface area contributed by atoms with Crippen LogP contribution < -0.4 is 16.3 Å². The van der Waals surface area contributed by atoms with Gasteiger partial charge in [0.2, 0.25) is 0 Å². The molecule has 4 aromatic heterocycles. The number of fused-ring (bicyclic) bond motifs is 3. The van der Waals surface area contributed by atoms with Crippen LogP contribution in [0.25, 0.3) is 83.9 Å². The number of hydrogen-bond acceptors (Lipinski definition) is 6. The van der Waals surface area contributed by atoms with Crippen molar-refractivity contribution in [1.82, 2.24) is 28.7 Å². The van der Waals surface area contributed by atoms with E-state index in [1.807, 2.05) is 162 Å². The van der Waals surface area contributed by atoms with Crippen LogP contribution in [0.1, 0.15) is 16.7 Å². The van der Waals surface area contributed by atoms with Crippen LogP contribution in [0.2, 0.25) is 0 Å². The number of benzene rings is 6. The Morgan fingerprint density at radius 1 is 0.350 bits per heavy atom. The molecule has 60 heavy (non-hydrogen) atoms. The molecule has 6 aromatic carbocycles. The highest BCUT2D eigenvalue weighted by atomic mass is 16.1. The zero-order valence-corrected chi connectivity index (χ0v) is 33.0. The quantitative estimate of drug-likeness (QED) is 0.167. The molecule has 0 amide bonds. The molecule has 0 N–H and O–H groups in total. The number of aryl methyl sites for hydroxylation is 3. The first-order valence-electron chi connectivity index (χ1n) is 19.6. The fourth-order valence-electron chi connectivity index (χ4n) is 8.20. The lowest BCUT2D eigenvalue weighted by Gasteiger charge is -2.16. The third-order valence-corrected chi connectivity index (χ3v) is 11.2. The van der Waals surface area contributed by atoms with Gasteiger partial charge in [0.1, 0.15) is 0 Å². The summed E-state index contributed by atoms with van der Waals surface area (Å²) < 4.78 is 6.10. The Morgan fingerprint density at radius 3 is 0.917 bits per heavy atom. The highest BCUT2D eigenvalue weighted by molar-refractivity contribution is 5.83. The van der Waals surface area contributed by atoms with E-state index in [9.17, 15) is 14.4 Å². The predicted molar refractivity (Wildman–Crippen MR) is 240 cm³/mol. The molecule has 0 bridgehead atoms. The minimum Gasteiger partial charge on any atom is -0.316 e. The van der Waals surface area contributed by atoms with Crippen molar-refractivity contribution in [2.75, 3.05) is 0 Å². The topological polar surface area (TPSA) is 105 Å². The molecule has 0 aliphatic heterocycles. The lowest BCUT2D eigenvalue weighted by Crippen LogP contribution is -2.08. The fourth-order valence-corrected chi connectivity index (χ4v) is 8.20. The van der Waals surface area contributed by atoms with Gasteiger partial charge in [-0.1, -0.05) is 36.4 Å². The SMILES string of the molecule is Cc1cc(-c2nc(-c3ccc(-n4ccc(=O)c5ccccc54)c(C)c3)nc(-c3ccc(-n4ccc(=O)c5ccccc54)c(C)c3)n2)ccc1-n1ccc(=O)c2ccccc21. The number of aromatic nitrogens is 6. The number of hydrogen-bond donors (Lipinski definition) is 0. The van der Waals surface area contributed by atoms with E-state index in [4.69, 9.17) is 15.0 Å². The number of nitrogens with zero attached hydrogens (tertiary/aromatic N) is 6. The predicted octanol–water partition coefficient (Wildman–Crippen LogP) is 9.71. The number of para-hydroxylation sites is 3. The maximum atomic E-state index is 12.7. The molecule has 288 valence electrons. The van der Waals surface area contributed by atoms with E-state index in [0.29, 0.717) is 33.6 Å². The van der Waals surface area contributed by atoms with Crippen LogP contribution in [0.5, 0.6) is 0 Å². The van der Waals surface area contributed by atoms with Gasteiger partial charge >= 0.3 is 0 Å². The molecule has 0 unspecified atom stereocenters. The van der Waals surface area contributed by atoms with Crippen LogP contribution in [-0.2, 0) is 0 Å². The maximum Gasteiger partial charge on any atom is 0.189 e. The third kappa shape index (κ3) is 6.20. The summed E-state index contributed by atoms with van der Waals surface area (Å²) >= 11 is 0. The van der Waals surface area contributed by atoms with Gasteiger partial charge in [-0.3, -0.25) is 14.4 Å². The first kappa shape index (κ1) is 36.3. The average Bonchev–Trinajstić information content (AvgIpc) is 3.27. The van der Waals surface area contributed by atoms with Crippen molar-refractivity contribution in [3.63, 3.8) is 0 Å². The van der Waals surface area contributed by atoms with Gasteiger partial charge in [0.05, 0.1) is 16.6 Å². The molecule has 0 radical (unpaired) electrons. The molecule has 9 heteroatoms. The Kier molecular flexibility index (Phi) is 8.72. The maximum absolute atomic E-state index is 12.7. The summed E-state index contributed by atoms with van der Waals surface area (Å²) in [4.78, 5) is 53.3. The van der Waals surface area contributed by atoms with Crippen LogP contribution >= 0.6 is 0 Å². The average molecular weight is 781 g/mol. The van der Waals surface area contributed by atoms with Gasteiger partial charge in [-0.15, -0.1) is 0 Å². The molecule has 4 heterocycles. The molecule has 9 nitrogen and oxygen atoms in total. The largest absolute Gasteiger partial charge is 0.316 e. The van der Waals surface area contributed by atoms with Gasteiger partial charge in [-0.05, 0) is 128 Å². The second kappa shape index (κ2) is 14.4. The van der Waals surface area contributed by atoms with Gasteiger partial charge in [0.25, 0.3) is 0 Å². The van der Waals surface area contributed by atoms with Gasteiger partial charge in [0, 0.05) is 86.7 Å². The minimum atomic E-state index is -0.0208. The lowest BCUT2D eigenvalue weighted by molar-refractivity contribution is 1.05. The lowest BCUT2D eigenvalue weighted by atomic mass is 10.1. The summed E-state index contributed by atoms with van der Waals surface area (Å²) in [7, 11) is 0. The molecular formula is C51H36N6O3. The Bertz CT molecular complexity index is 3180. The number of pyridine rings is 3. The monoisotopic (exact) mass is 780 g/mol. The van der Waals surface area contributed by atoms with Crippen LogP contribution in [-0.4, -0.2) is 28.7 Å². The van der Waals surface area contributed by atoms with E-state index >= 15 is 0 Å². The first-order valence-corrected chi connectivity index (χ1v) is 19.6. The van der Waals surface area contributed by atoms with Crippen LogP contribution in [0, 0.1) is 20.8 Å². The van der Waals surface area contributed by atoms with Crippen molar-refractivity contribution in [2.45, 2.75) is 20.8 Å². The molecule has 0 aliphatic carbocycles. The van der Waals surface area contributed by atoms with E-state index in [0.717, 1.165) is 67.0 Å². The Hall–Kier alpha value is -8.04. The van der Waals surface area contributed by atoms with Gasteiger partial charge < -0.3 is 13.7 Å². The van der Waals surface area contributed by atoms with E-state index in [-0.39, 0.29) is 16.3 Å². The van der Waals surface area contributed by atoms with Crippen molar-refractivity contribution < 1.29 is 0 Å². The van der Waals surface area contributed by atoms with E-state index in [2.05, 4.69) is 18.2 Å². The number of rotatable bonds is 6. The summed E-state index contributed by atoms with van der Waals surface area (Å²) in [5.74, 6) is 1.53. The smallest absolute Gasteiger partial charge is 0.189 e. The molecule has 10 aromatic rings. The summed E-state index contributed by atoms with van der Waals surface area (Å²) in [6.45, 7) is 6.13. The summed E-state index contributed by atoms with van der Waals surface area (Å²) in [6, 6.07) is 45.9. The minimum absolute atomic E-state index is 0.0208. The summed E-state index contributed by atoms with van der Waals surface area (Å²) in [5, 5.41) is 1.96. The normalized spacial score (nSPS) is 11.4. The van der Waals surface area contributed by atoms with Crippen LogP contribution in [0.3, 0.4) is 0 Å². The highest BCUT2D eigenvalue weighted by Crippen LogP contribution is 2.31. The van der Waals surface area contributed by atoms with Crippen LogP contribution in [0.15, 0.2) is 179 Å². The zero-order valence-electron chi connectivity index (χ0n) is 33.0. The molecule has 0 spiro atoms. The Labute approximate surface area is 343 Å². The molecule has 10 rings (SSSR count). The fraction of sp³-hybridized carbons (Fsp3) is 0.0588. The molecule has 0 saturated carbocycles.